The third kappa shape index (κ3) is 5.28. The lowest BCUT2D eigenvalue weighted by Crippen LogP contribution is -2.42. The number of anilines is 1. The Morgan fingerprint density at radius 3 is 2.62 bits per heavy atom. The molecule has 1 rings (SSSR count). The van der Waals surface area contributed by atoms with Crippen LogP contribution in [0, 0.1) is 0 Å². The fraction of sp³-hybridized carbons (Fsp3) is 0.417. The highest BCUT2D eigenvalue weighted by atomic mass is 19.4. The standard InChI is InChI=1S/C12H14F3N3O3/c1-2-6-18(7-12(13,14)15)11(21)17-8-4-3-5-16-9(8)10(19)20/h3-5H,2,6-7H2,1H3,(H,17,21)(H,19,20). The number of halogens is 3. The first-order valence-corrected chi connectivity index (χ1v) is 6.05. The molecule has 0 unspecified atom stereocenters. The zero-order valence-corrected chi connectivity index (χ0v) is 11.1. The molecule has 0 saturated carbocycles. The molecule has 0 fully saturated rings. The fourth-order valence-electron chi connectivity index (χ4n) is 1.61. The summed E-state index contributed by atoms with van der Waals surface area (Å²) in [6, 6.07) is 1.60. The third-order valence-corrected chi connectivity index (χ3v) is 2.40. The Kier molecular flexibility index (Phi) is 5.51. The molecule has 1 aromatic rings. The van der Waals surface area contributed by atoms with E-state index < -0.39 is 30.4 Å². The van der Waals surface area contributed by atoms with E-state index in [1.165, 1.54) is 18.3 Å². The molecule has 0 radical (unpaired) electrons. The molecule has 6 nitrogen and oxygen atoms in total. The molecule has 0 spiro atoms. The molecule has 0 saturated heterocycles. The highest BCUT2D eigenvalue weighted by Gasteiger charge is 2.33. The maximum absolute atomic E-state index is 12.4. The number of rotatable bonds is 5. The summed E-state index contributed by atoms with van der Waals surface area (Å²) in [5.74, 6) is -1.39. The molecule has 0 aromatic carbocycles. The second-order valence-electron chi connectivity index (χ2n) is 4.17. The van der Waals surface area contributed by atoms with Gasteiger partial charge in [0.1, 0.15) is 6.54 Å². The summed E-state index contributed by atoms with van der Waals surface area (Å²) in [5.41, 5.74) is -0.590. The molecule has 1 aromatic heterocycles. The average molecular weight is 305 g/mol. The van der Waals surface area contributed by atoms with Crippen LogP contribution >= 0.6 is 0 Å². The van der Waals surface area contributed by atoms with Gasteiger partial charge in [0.15, 0.2) is 5.69 Å². The Balaban J connectivity index is 2.89. The molecular formula is C12H14F3N3O3. The van der Waals surface area contributed by atoms with Crippen LogP contribution in [0.2, 0.25) is 0 Å². The van der Waals surface area contributed by atoms with Gasteiger partial charge >= 0.3 is 18.2 Å². The summed E-state index contributed by atoms with van der Waals surface area (Å²) < 4.78 is 37.2. The number of carboxylic acids is 1. The Morgan fingerprint density at radius 2 is 2.10 bits per heavy atom. The van der Waals surface area contributed by atoms with E-state index in [-0.39, 0.29) is 12.2 Å². The molecule has 9 heteroatoms. The van der Waals surface area contributed by atoms with Gasteiger partial charge in [-0.25, -0.2) is 14.6 Å². The monoisotopic (exact) mass is 305 g/mol. The molecule has 1 heterocycles. The van der Waals surface area contributed by atoms with Crippen molar-refractivity contribution in [1.29, 1.82) is 0 Å². The van der Waals surface area contributed by atoms with Gasteiger partial charge in [0.25, 0.3) is 0 Å². The number of amides is 2. The van der Waals surface area contributed by atoms with E-state index in [1.54, 1.807) is 6.92 Å². The molecule has 2 amide bonds. The normalized spacial score (nSPS) is 11.0. The van der Waals surface area contributed by atoms with Crippen molar-refractivity contribution in [2.45, 2.75) is 19.5 Å². The van der Waals surface area contributed by atoms with E-state index in [0.717, 1.165) is 0 Å². The number of nitrogens with one attached hydrogen (secondary N) is 1. The van der Waals surface area contributed by atoms with Crippen LogP contribution in [0.4, 0.5) is 23.7 Å². The van der Waals surface area contributed by atoms with Gasteiger partial charge in [-0.15, -0.1) is 0 Å². The van der Waals surface area contributed by atoms with Crippen molar-refractivity contribution in [2.75, 3.05) is 18.4 Å². The van der Waals surface area contributed by atoms with Gasteiger partial charge in [0.2, 0.25) is 0 Å². The average Bonchev–Trinajstić information content (AvgIpc) is 2.37. The number of urea groups is 1. The van der Waals surface area contributed by atoms with E-state index in [0.29, 0.717) is 11.3 Å². The Bertz CT molecular complexity index is 520. The Hall–Kier alpha value is -2.32. The molecule has 2 N–H and O–H groups in total. The predicted molar refractivity (Wildman–Crippen MR) is 68.1 cm³/mol. The maximum atomic E-state index is 12.4. The SMILES string of the molecule is CCCN(CC(F)(F)F)C(=O)Nc1cccnc1C(=O)O. The minimum Gasteiger partial charge on any atom is -0.476 e. The van der Waals surface area contributed by atoms with Crippen molar-refractivity contribution < 1.29 is 27.9 Å². The lowest BCUT2D eigenvalue weighted by molar-refractivity contribution is -0.139. The van der Waals surface area contributed by atoms with Gasteiger partial charge in [-0.05, 0) is 18.6 Å². The third-order valence-electron chi connectivity index (χ3n) is 2.40. The number of carbonyl (C=O) groups excluding carboxylic acids is 1. The largest absolute Gasteiger partial charge is 0.476 e. The number of hydrogen-bond donors (Lipinski definition) is 2. The van der Waals surface area contributed by atoms with Crippen LogP contribution in [0.5, 0.6) is 0 Å². The van der Waals surface area contributed by atoms with Crippen molar-refractivity contribution in [3.63, 3.8) is 0 Å². The minimum absolute atomic E-state index is 0.103. The lowest BCUT2D eigenvalue weighted by atomic mass is 10.3. The van der Waals surface area contributed by atoms with Gasteiger partial charge in [0, 0.05) is 12.7 Å². The van der Waals surface area contributed by atoms with E-state index in [1.807, 2.05) is 0 Å². The zero-order valence-electron chi connectivity index (χ0n) is 11.1. The van der Waals surface area contributed by atoms with E-state index in [2.05, 4.69) is 10.3 Å². The van der Waals surface area contributed by atoms with Gasteiger partial charge in [-0.3, -0.25) is 0 Å². The molecule has 21 heavy (non-hydrogen) atoms. The van der Waals surface area contributed by atoms with Gasteiger partial charge in [-0.1, -0.05) is 6.92 Å². The summed E-state index contributed by atoms with van der Waals surface area (Å²) >= 11 is 0. The zero-order chi connectivity index (χ0) is 16.0. The number of alkyl halides is 3. The number of hydrogen-bond acceptors (Lipinski definition) is 3. The summed E-state index contributed by atoms with van der Waals surface area (Å²) in [7, 11) is 0. The first kappa shape index (κ1) is 16.7. The van der Waals surface area contributed by atoms with Gasteiger partial charge < -0.3 is 15.3 Å². The van der Waals surface area contributed by atoms with E-state index in [9.17, 15) is 22.8 Å². The highest BCUT2D eigenvalue weighted by Crippen LogP contribution is 2.18. The Morgan fingerprint density at radius 1 is 1.43 bits per heavy atom. The molecule has 0 atom stereocenters. The van der Waals surface area contributed by atoms with Crippen molar-refractivity contribution in [2.24, 2.45) is 0 Å². The van der Waals surface area contributed by atoms with Crippen LogP contribution in [-0.2, 0) is 0 Å². The topological polar surface area (TPSA) is 82.5 Å². The smallest absolute Gasteiger partial charge is 0.406 e. The van der Waals surface area contributed by atoms with Crippen LogP contribution in [0.1, 0.15) is 23.8 Å². The number of nitrogens with zero attached hydrogens (tertiary/aromatic N) is 2. The summed E-state index contributed by atoms with van der Waals surface area (Å²) in [4.78, 5) is 26.9. The first-order valence-electron chi connectivity index (χ1n) is 6.05. The maximum Gasteiger partial charge on any atom is 0.406 e. The van der Waals surface area contributed by atoms with Crippen LogP contribution in [0.15, 0.2) is 18.3 Å². The lowest BCUT2D eigenvalue weighted by Gasteiger charge is -2.23. The molecular weight excluding hydrogens is 291 g/mol. The second-order valence-corrected chi connectivity index (χ2v) is 4.17. The number of carbonyl (C=O) groups is 2. The van der Waals surface area contributed by atoms with Crippen molar-refractivity contribution >= 4 is 17.7 Å². The van der Waals surface area contributed by atoms with Crippen molar-refractivity contribution in [1.82, 2.24) is 9.88 Å². The van der Waals surface area contributed by atoms with E-state index in [4.69, 9.17) is 5.11 Å². The molecule has 0 aliphatic heterocycles. The summed E-state index contributed by atoms with van der Waals surface area (Å²) in [6.07, 6.45) is -2.99. The van der Waals surface area contributed by atoms with Crippen LogP contribution in [0.3, 0.4) is 0 Å². The number of aromatic carboxylic acids is 1. The predicted octanol–water partition coefficient (Wildman–Crippen LogP) is 2.59. The molecule has 0 aliphatic carbocycles. The number of aromatic nitrogens is 1. The van der Waals surface area contributed by atoms with Crippen molar-refractivity contribution in [3.05, 3.63) is 24.0 Å². The number of pyridine rings is 1. The minimum atomic E-state index is -4.53. The highest BCUT2D eigenvalue weighted by molar-refractivity contribution is 5.98. The van der Waals surface area contributed by atoms with Gasteiger partial charge in [-0.2, -0.15) is 13.2 Å². The van der Waals surface area contributed by atoms with Crippen LogP contribution in [0.25, 0.3) is 0 Å². The van der Waals surface area contributed by atoms with Crippen LogP contribution < -0.4 is 5.32 Å². The van der Waals surface area contributed by atoms with Gasteiger partial charge in [0.05, 0.1) is 5.69 Å². The molecule has 0 aliphatic rings. The quantitative estimate of drug-likeness (QED) is 0.876. The van der Waals surface area contributed by atoms with Crippen molar-refractivity contribution in [3.8, 4) is 0 Å². The Labute approximate surface area is 118 Å². The summed E-state index contributed by atoms with van der Waals surface area (Å²) in [6.45, 7) is 0.118. The summed E-state index contributed by atoms with van der Waals surface area (Å²) in [5, 5.41) is 11.0. The van der Waals surface area contributed by atoms with Crippen LogP contribution in [-0.4, -0.2) is 46.3 Å². The first-order chi connectivity index (χ1) is 9.74. The number of carboxylic acid groups (broad SMARTS) is 1. The van der Waals surface area contributed by atoms with E-state index >= 15 is 0 Å². The molecule has 0 bridgehead atoms. The fourth-order valence-corrected chi connectivity index (χ4v) is 1.61. The second kappa shape index (κ2) is 6.91. The molecule has 116 valence electrons.